The van der Waals surface area contributed by atoms with Crippen LogP contribution in [0.5, 0.6) is 0 Å². The smallest absolute Gasteiger partial charge is 0.338 e. The van der Waals surface area contributed by atoms with E-state index in [1.807, 2.05) is 24.3 Å². The van der Waals surface area contributed by atoms with Crippen molar-refractivity contribution < 1.29 is 18.3 Å². The Hall–Kier alpha value is -3.08. The SMILES string of the molecule is CCOC(=O)C1=C(C)N=c2s/c(=C/c3ccc(-c4cc(Br)ccc4Br)o3)c(=O)n2[C@H]1c1ccc(F)cc1. The van der Waals surface area contributed by atoms with Crippen LogP contribution in [0, 0.1) is 5.82 Å². The number of rotatable bonds is 5. The predicted octanol–water partition coefficient (Wildman–Crippen LogP) is 5.72. The van der Waals surface area contributed by atoms with Crippen LogP contribution >= 0.6 is 43.2 Å². The lowest BCUT2D eigenvalue weighted by atomic mass is 9.96. The Labute approximate surface area is 231 Å². The summed E-state index contributed by atoms with van der Waals surface area (Å²) in [5.41, 5.74) is 1.79. The molecule has 37 heavy (non-hydrogen) atoms. The molecule has 188 valence electrons. The molecule has 10 heteroatoms. The van der Waals surface area contributed by atoms with E-state index in [0.717, 1.165) is 14.5 Å². The van der Waals surface area contributed by atoms with Gasteiger partial charge in [-0.3, -0.25) is 9.36 Å². The highest BCUT2D eigenvalue weighted by Crippen LogP contribution is 2.33. The van der Waals surface area contributed by atoms with Gasteiger partial charge in [0.15, 0.2) is 4.80 Å². The van der Waals surface area contributed by atoms with Crippen molar-refractivity contribution in [2.75, 3.05) is 6.61 Å². The minimum absolute atomic E-state index is 0.172. The van der Waals surface area contributed by atoms with Gasteiger partial charge in [-0.2, -0.15) is 0 Å². The Bertz CT molecular complexity index is 1730. The van der Waals surface area contributed by atoms with E-state index in [1.54, 1.807) is 38.1 Å². The fraction of sp³-hybridized carbons (Fsp3) is 0.148. The van der Waals surface area contributed by atoms with Gasteiger partial charge in [0, 0.05) is 20.6 Å². The number of halogens is 3. The van der Waals surface area contributed by atoms with Gasteiger partial charge in [0.2, 0.25) is 0 Å². The van der Waals surface area contributed by atoms with Crippen molar-refractivity contribution in [1.29, 1.82) is 0 Å². The Morgan fingerprint density at radius 1 is 1.19 bits per heavy atom. The lowest BCUT2D eigenvalue weighted by Gasteiger charge is -2.24. The Morgan fingerprint density at radius 3 is 2.68 bits per heavy atom. The summed E-state index contributed by atoms with van der Waals surface area (Å²) < 4.78 is 28.6. The number of nitrogens with zero attached hydrogens (tertiary/aromatic N) is 2. The van der Waals surface area contributed by atoms with Crippen LogP contribution in [-0.4, -0.2) is 17.1 Å². The summed E-state index contributed by atoms with van der Waals surface area (Å²) in [4.78, 5) is 31.5. The van der Waals surface area contributed by atoms with Gasteiger partial charge in [-0.05, 0) is 61.9 Å². The van der Waals surface area contributed by atoms with Gasteiger partial charge < -0.3 is 9.15 Å². The summed E-state index contributed by atoms with van der Waals surface area (Å²) in [6, 6.07) is 14.3. The molecule has 5 rings (SSSR count). The van der Waals surface area contributed by atoms with Crippen LogP contribution in [0.4, 0.5) is 4.39 Å². The molecule has 2 aromatic heterocycles. The second-order valence-electron chi connectivity index (χ2n) is 8.18. The molecule has 0 radical (unpaired) electrons. The third-order valence-corrected chi connectivity index (χ3v) is 7.96. The molecule has 0 aliphatic carbocycles. The molecule has 0 spiro atoms. The number of esters is 1. The Balaban J connectivity index is 1.64. The highest BCUT2D eigenvalue weighted by atomic mass is 79.9. The zero-order valence-electron chi connectivity index (χ0n) is 19.6. The first-order chi connectivity index (χ1) is 17.8. The molecule has 0 bridgehead atoms. The molecule has 1 aliphatic rings. The number of allylic oxidation sites excluding steroid dienone is 1. The van der Waals surface area contributed by atoms with Crippen molar-refractivity contribution >= 4 is 55.2 Å². The van der Waals surface area contributed by atoms with Crippen molar-refractivity contribution in [2.24, 2.45) is 4.99 Å². The molecule has 0 saturated heterocycles. The van der Waals surface area contributed by atoms with Gasteiger partial charge in [-0.1, -0.05) is 55.3 Å². The molecule has 0 N–H and O–H groups in total. The quantitative estimate of drug-likeness (QED) is 0.260. The first kappa shape index (κ1) is 25.6. The van der Waals surface area contributed by atoms with E-state index in [4.69, 9.17) is 9.15 Å². The third kappa shape index (κ3) is 4.93. The zero-order valence-corrected chi connectivity index (χ0v) is 23.6. The van der Waals surface area contributed by atoms with E-state index < -0.39 is 17.8 Å². The molecule has 0 saturated carbocycles. The standard InChI is InChI=1S/C27H19Br2FN2O4S/c1-3-35-26(34)23-14(2)31-27-32(24(23)15-4-7-17(30)8-5-15)25(33)22(37-27)13-18-9-11-21(36-18)19-12-16(28)6-10-20(19)29/h4-13,24H,3H2,1-2H3/b22-13+/t24-/m0/s1. The first-order valence-corrected chi connectivity index (χ1v) is 13.7. The number of hydrogen-bond donors (Lipinski definition) is 0. The topological polar surface area (TPSA) is 73.8 Å². The van der Waals surface area contributed by atoms with Gasteiger partial charge in [-0.15, -0.1) is 0 Å². The summed E-state index contributed by atoms with van der Waals surface area (Å²) in [5.74, 6) is 0.145. The summed E-state index contributed by atoms with van der Waals surface area (Å²) in [6.07, 6.45) is 1.66. The maximum atomic E-state index is 13.7. The minimum Gasteiger partial charge on any atom is -0.463 e. The second-order valence-corrected chi connectivity index (χ2v) is 11.0. The summed E-state index contributed by atoms with van der Waals surface area (Å²) >= 11 is 8.20. The van der Waals surface area contributed by atoms with E-state index >= 15 is 0 Å². The lowest BCUT2D eigenvalue weighted by molar-refractivity contribution is -0.139. The van der Waals surface area contributed by atoms with E-state index in [-0.39, 0.29) is 17.7 Å². The fourth-order valence-corrected chi connectivity index (χ4v) is 5.97. The first-order valence-electron chi connectivity index (χ1n) is 11.3. The Morgan fingerprint density at radius 2 is 1.95 bits per heavy atom. The van der Waals surface area contributed by atoms with E-state index in [2.05, 4.69) is 36.9 Å². The van der Waals surface area contributed by atoms with Crippen molar-refractivity contribution in [3.63, 3.8) is 0 Å². The van der Waals surface area contributed by atoms with Crippen molar-refractivity contribution in [3.05, 3.63) is 112 Å². The molecule has 3 heterocycles. The van der Waals surface area contributed by atoms with Crippen LogP contribution in [0.1, 0.15) is 31.2 Å². The van der Waals surface area contributed by atoms with Gasteiger partial charge in [-0.25, -0.2) is 14.2 Å². The van der Waals surface area contributed by atoms with E-state index in [9.17, 15) is 14.0 Å². The highest BCUT2D eigenvalue weighted by molar-refractivity contribution is 9.11. The average Bonchev–Trinajstić information content (AvgIpc) is 3.45. The van der Waals surface area contributed by atoms with E-state index in [1.165, 1.54) is 28.0 Å². The molecule has 0 unspecified atom stereocenters. The number of benzene rings is 2. The molecule has 2 aromatic carbocycles. The number of aromatic nitrogens is 1. The molecular weight excluding hydrogens is 627 g/mol. The van der Waals surface area contributed by atoms with Gasteiger partial charge in [0.25, 0.3) is 5.56 Å². The van der Waals surface area contributed by atoms with Crippen molar-refractivity contribution in [2.45, 2.75) is 19.9 Å². The average molecular weight is 646 g/mol. The Kier molecular flexibility index (Phi) is 7.15. The third-order valence-electron chi connectivity index (χ3n) is 5.80. The largest absolute Gasteiger partial charge is 0.463 e. The number of carbonyl (C=O) groups excluding carboxylic acids is 1. The molecule has 1 aliphatic heterocycles. The number of fused-ring (bicyclic) bond motifs is 1. The maximum Gasteiger partial charge on any atom is 0.338 e. The summed E-state index contributed by atoms with van der Waals surface area (Å²) in [6.45, 7) is 3.58. The highest BCUT2D eigenvalue weighted by Gasteiger charge is 2.33. The monoisotopic (exact) mass is 644 g/mol. The van der Waals surface area contributed by atoms with Crippen LogP contribution in [0.2, 0.25) is 0 Å². The summed E-state index contributed by atoms with van der Waals surface area (Å²) in [5, 5.41) is 0. The molecule has 1 atom stereocenters. The van der Waals surface area contributed by atoms with Gasteiger partial charge in [0.05, 0.1) is 28.5 Å². The second kappa shape index (κ2) is 10.4. The van der Waals surface area contributed by atoms with Crippen LogP contribution < -0.4 is 14.9 Å². The lowest BCUT2D eigenvalue weighted by Crippen LogP contribution is -2.39. The molecule has 4 aromatic rings. The van der Waals surface area contributed by atoms with Gasteiger partial charge >= 0.3 is 5.97 Å². The van der Waals surface area contributed by atoms with Crippen molar-refractivity contribution in [1.82, 2.24) is 4.57 Å². The zero-order chi connectivity index (χ0) is 26.3. The predicted molar refractivity (Wildman–Crippen MR) is 146 cm³/mol. The molecule has 0 amide bonds. The van der Waals surface area contributed by atoms with Gasteiger partial charge in [0.1, 0.15) is 17.3 Å². The molecule has 6 nitrogen and oxygen atoms in total. The van der Waals surface area contributed by atoms with Crippen LogP contribution in [0.3, 0.4) is 0 Å². The number of thiazole rings is 1. The number of carbonyl (C=O) groups is 1. The van der Waals surface area contributed by atoms with E-state index in [0.29, 0.717) is 32.1 Å². The van der Waals surface area contributed by atoms with Crippen LogP contribution in [0.25, 0.3) is 17.4 Å². The van der Waals surface area contributed by atoms with Crippen LogP contribution in [-0.2, 0) is 9.53 Å². The molecular formula is C27H19Br2FN2O4S. The maximum absolute atomic E-state index is 13.7. The van der Waals surface area contributed by atoms with Crippen molar-refractivity contribution in [3.8, 4) is 11.3 Å². The van der Waals surface area contributed by atoms with Crippen LogP contribution in [0.15, 0.2) is 89.0 Å². The summed E-state index contributed by atoms with van der Waals surface area (Å²) in [7, 11) is 0. The number of hydrogen-bond acceptors (Lipinski definition) is 6. The fourth-order valence-electron chi connectivity index (χ4n) is 4.14. The molecule has 0 fully saturated rings. The number of ether oxygens (including phenoxy) is 1. The minimum atomic E-state index is -0.803. The number of furan rings is 1. The normalized spacial score (nSPS) is 15.5.